The number of hydrogen-bond acceptors (Lipinski definition) is 3. The summed E-state index contributed by atoms with van der Waals surface area (Å²) in [5.41, 5.74) is 8.87. The van der Waals surface area contributed by atoms with E-state index in [-0.39, 0.29) is 0 Å². The van der Waals surface area contributed by atoms with Crippen molar-refractivity contribution >= 4 is 22.3 Å². The van der Waals surface area contributed by atoms with Crippen LogP contribution in [0, 0.1) is 0 Å². The van der Waals surface area contributed by atoms with E-state index in [2.05, 4.69) is 16.1 Å². The third-order valence-electron chi connectivity index (χ3n) is 3.66. The van der Waals surface area contributed by atoms with Crippen molar-refractivity contribution in [2.75, 3.05) is 23.7 Å². The van der Waals surface area contributed by atoms with E-state index >= 15 is 0 Å². The molecule has 0 bridgehead atoms. The summed E-state index contributed by atoms with van der Waals surface area (Å²) in [6.45, 7) is 1.47. The molecule has 0 aliphatic carbocycles. The maximum atomic E-state index is 13.2. The first-order chi connectivity index (χ1) is 8.65. The second-order valence-corrected chi connectivity index (χ2v) is 4.90. The minimum absolute atomic E-state index is 0.588. The topological polar surface area (TPSA) is 47.1 Å². The van der Waals surface area contributed by atoms with Crippen molar-refractivity contribution in [2.45, 2.75) is 19.0 Å². The number of fused-ring (bicyclic) bond motifs is 1. The molecule has 1 aromatic heterocycles. The van der Waals surface area contributed by atoms with Crippen LogP contribution in [-0.2, 0) is 7.05 Å². The number of piperidine rings is 1. The smallest absolute Gasteiger partial charge is 0.103 e. The Kier molecular flexibility index (Phi) is 2.61. The van der Waals surface area contributed by atoms with Gasteiger partial charge in [-0.1, -0.05) is 0 Å². The molecule has 1 saturated heterocycles. The van der Waals surface area contributed by atoms with Gasteiger partial charge in [0.1, 0.15) is 6.17 Å². The molecule has 4 nitrogen and oxygen atoms in total. The molecule has 0 unspecified atom stereocenters. The Hall–Kier alpha value is -1.78. The second kappa shape index (κ2) is 4.15. The van der Waals surface area contributed by atoms with Gasteiger partial charge in [-0.15, -0.1) is 0 Å². The van der Waals surface area contributed by atoms with Crippen LogP contribution in [0.15, 0.2) is 18.3 Å². The average Bonchev–Trinajstić information content (AvgIpc) is 2.71. The predicted octanol–water partition coefficient (Wildman–Crippen LogP) is 2.09. The molecule has 3 rings (SSSR count). The minimum Gasteiger partial charge on any atom is -0.397 e. The highest BCUT2D eigenvalue weighted by atomic mass is 19.1. The monoisotopic (exact) mass is 248 g/mol. The second-order valence-electron chi connectivity index (χ2n) is 4.90. The minimum atomic E-state index is -0.662. The van der Waals surface area contributed by atoms with Gasteiger partial charge >= 0.3 is 0 Å². The largest absolute Gasteiger partial charge is 0.397 e. The van der Waals surface area contributed by atoms with Gasteiger partial charge in [-0.2, -0.15) is 5.10 Å². The Morgan fingerprint density at radius 3 is 2.78 bits per heavy atom. The molecule has 1 aliphatic heterocycles. The lowest BCUT2D eigenvalue weighted by Gasteiger charge is -2.31. The maximum absolute atomic E-state index is 13.2. The fourth-order valence-electron chi connectivity index (χ4n) is 2.57. The summed E-state index contributed by atoms with van der Waals surface area (Å²) < 4.78 is 15.0. The molecular formula is C13H17FN4. The number of nitrogen functional groups attached to an aromatic ring is 1. The number of alkyl halides is 1. The molecule has 2 heterocycles. The molecule has 1 aromatic carbocycles. The van der Waals surface area contributed by atoms with Crippen LogP contribution < -0.4 is 10.6 Å². The molecule has 1 aliphatic rings. The number of anilines is 2. The number of benzene rings is 1. The molecule has 18 heavy (non-hydrogen) atoms. The standard InChI is InChI=1S/C13H17FN4/c1-17-12-7-11(15)13(6-9(12)8-16-17)18-4-2-10(14)3-5-18/h6-8,10H,2-5,15H2,1H3. The van der Waals surface area contributed by atoms with Gasteiger partial charge in [-0.05, 0) is 25.0 Å². The predicted molar refractivity (Wildman–Crippen MR) is 71.5 cm³/mol. The van der Waals surface area contributed by atoms with Gasteiger partial charge in [0, 0.05) is 25.5 Å². The van der Waals surface area contributed by atoms with Crippen LogP contribution in [0.25, 0.3) is 10.9 Å². The van der Waals surface area contributed by atoms with Crippen LogP contribution in [0.4, 0.5) is 15.8 Å². The molecular weight excluding hydrogens is 231 g/mol. The lowest BCUT2D eigenvalue weighted by Crippen LogP contribution is -2.34. The van der Waals surface area contributed by atoms with Gasteiger partial charge in [0.05, 0.1) is 23.1 Å². The van der Waals surface area contributed by atoms with E-state index in [1.54, 1.807) is 0 Å². The number of hydrogen-bond donors (Lipinski definition) is 1. The fourth-order valence-corrected chi connectivity index (χ4v) is 2.57. The van der Waals surface area contributed by atoms with Crippen LogP contribution in [0.2, 0.25) is 0 Å². The summed E-state index contributed by atoms with van der Waals surface area (Å²) in [7, 11) is 1.90. The van der Waals surface area contributed by atoms with Crippen molar-refractivity contribution in [3.8, 4) is 0 Å². The normalized spacial score (nSPS) is 17.6. The first-order valence-electron chi connectivity index (χ1n) is 6.25. The van der Waals surface area contributed by atoms with Crippen LogP contribution in [0.5, 0.6) is 0 Å². The summed E-state index contributed by atoms with van der Waals surface area (Å²) in [5, 5.41) is 5.29. The Labute approximate surface area is 105 Å². The zero-order chi connectivity index (χ0) is 12.7. The quantitative estimate of drug-likeness (QED) is 0.786. The summed E-state index contributed by atoms with van der Waals surface area (Å²) >= 11 is 0. The number of nitrogens with two attached hydrogens (primary N) is 1. The molecule has 96 valence electrons. The van der Waals surface area contributed by atoms with Gasteiger partial charge in [0.2, 0.25) is 0 Å². The van der Waals surface area contributed by atoms with E-state index in [9.17, 15) is 4.39 Å². The Balaban J connectivity index is 1.98. The van der Waals surface area contributed by atoms with Gasteiger partial charge in [-0.25, -0.2) is 4.39 Å². The van der Waals surface area contributed by atoms with Crippen LogP contribution in [0.1, 0.15) is 12.8 Å². The van der Waals surface area contributed by atoms with Crippen molar-refractivity contribution in [1.29, 1.82) is 0 Å². The van der Waals surface area contributed by atoms with Crippen molar-refractivity contribution < 1.29 is 4.39 Å². The van der Waals surface area contributed by atoms with Gasteiger partial charge in [0.25, 0.3) is 0 Å². The molecule has 0 radical (unpaired) electrons. The maximum Gasteiger partial charge on any atom is 0.103 e. The van der Waals surface area contributed by atoms with Crippen molar-refractivity contribution in [3.63, 3.8) is 0 Å². The lowest BCUT2D eigenvalue weighted by atomic mass is 10.1. The van der Waals surface area contributed by atoms with E-state index in [0.717, 1.165) is 35.4 Å². The number of aromatic nitrogens is 2. The van der Waals surface area contributed by atoms with Crippen molar-refractivity contribution in [1.82, 2.24) is 9.78 Å². The van der Waals surface area contributed by atoms with Gasteiger partial charge < -0.3 is 10.6 Å². The molecule has 0 spiro atoms. The molecule has 1 fully saturated rings. The molecule has 0 saturated carbocycles. The Bertz CT molecular complexity index is 570. The summed E-state index contributed by atoms with van der Waals surface area (Å²) in [5.74, 6) is 0. The van der Waals surface area contributed by atoms with Crippen molar-refractivity contribution in [2.24, 2.45) is 7.05 Å². The Morgan fingerprint density at radius 2 is 2.06 bits per heavy atom. The first-order valence-corrected chi connectivity index (χ1v) is 6.25. The zero-order valence-corrected chi connectivity index (χ0v) is 10.4. The first kappa shape index (κ1) is 11.3. The van der Waals surface area contributed by atoms with E-state index in [4.69, 9.17) is 5.73 Å². The van der Waals surface area contributed by atoms with Crippen LogP contribution in [0.3, 0.4) is 0 Å². The molecule has 2 N–H and O–H groups in total. The van der Waals surface area contributed by atoms with Gasteiger partial charge in [0.15, 0.2) is 0 Å². The Morgan fingerprint density at radius 1 is 1.33 bits per heavy atom. The van der Waals surface area contributed by atoms with E-state index < -0.39 is 6.17 Å². The van der Waals surface area contributed by atoms with Gasteiger partial charge in [-0.3, -0.25) is 4.68 Å². The van der Waals surface area contributed by atoms with Crippen LogP contribution in [-0.4, -0.2) is 29.0 Å². The highest BCUT2D eigenvalue weighted by Gasteiger charge is 2.20. The molecule has 2 aromatic rings. The highest BCUT2D eigenvalue weighted by molar-refractivity contribution is 5.89. The average molecular weight is 248 g/mol. The number of nitrogens with zero attached hydrogens (tertiary/aromatic N) is 3. The molecule has 5 heteroatoms. The summed E-state index contributed by atoms with van der Waals surface area (Å²) in [6.07, 6.45) is 2.35. The van der Waals surface area contributed by atoms with Crippen LogP contribution >= 0.6 is 0 Å². The summed E-state index contributed by atoms with van der Waals surface area (Å²) in [6, 6.07) is 4.00. The van der Waals surface area contributed by atoms with E-state index in [1.807, 2.05) is 24.0 Å². The summed E-state index contributed by atoms with van der Waals surface area (Å²) in [4.78, 5) is 2.16. The molecule has 0 atom stereocenters. The SMILES string of the molecule is Cn1ncc2cc(N3CCC(F)CC3)c(N)cc21. The molecule has 0 amide bonds. The number of rotatable bonds is 1. The lowest BCUT2D eigenvalue weighted by molar-refractivity contribution is 0.277. The van der Waals surface area contributed by atoms with Crippen molar-refractivity contribution in [3.05, 3.63) is 18.3 Å². The third kappa shape index (κ3) is 1.79. The van der Waals surface area contributed by atoms with E-state index in [1.165, 1.54) is 0 Å². The fraction of sp³-hybridized carbons (Fsp3) is 0.462. The third-order valence-corrected chi connectivity index (χ3v) is 3.66. The number of aryl methyl sites for hydroxylation is 1. The zero-order valence-electron chi connectivity index (χ0n) is 10.4. The number of halogens is 1. The highest BCUT2D eigenvalue weighted by Crippen LogP contribution is 2.31. The van der Waals surface area contributed by atoms with E-state index in [0.29, 0.717) is 12.8 Å².